The molecule has 0 saturated heterocycles. The van der Waals surface area contributed by atoms with Gasteiger partial charge in [0.05, 0.1) is 6.26 Å². The van der Waals surface area contributed by atoms with Crippen LogP contribution in [0, 0.1) is 0 Å². The van der Waals surface area contributed by atoms with Crippen LogP contribution < -0.4 is 10.6 Å². The molecule has 2 N–H and O–H groups in total. The molecule has 0 fully saturated rings. The van der Waals surface area contributed by atoms with E-state index in [-0.39, 0.29) is 5.91 Å². The van der Waals surface area contributed by atoms with Crippen LogP contribution in [0.2, 0.25) is 0 Å². The lowest BCUT2D eigenvalue weighted by Gasteiger charge is -2.18. The van der Waals surface area contributed by atoms with Crippen LogP contribution >= 0.6 is 0 Å². The second-order valence-corrected chi connectivity index (χ2v) is 6.00. The summed E-state index contributed by atoms with van der Waals surface area (Å²) in [6.45, 7) is 4.59. The van der Waals surface area contributed by atoms with E-state index >= 15 is 0 Å². The number of amides is 1. The van der Waals surface area contributed by atoms with Gasteiger partial charge in [-0.2, -0.15) is 0 Å². The van der Waals surface area contributed by atoms with Gasteiger partial charge in [0, 0.05) is 46.1 Å². The van der Waals surface area contributed by atoms with Gasteiger partial charge in [-0.3, -0.25) is 9.79 Å². The summed E-state index contributed by atoms with van der Waals surface area (Å²) in [5.74, 6) is 1.74. The molecule has 6 nitrogen and oxygen atoms in total. The monoisotopic (exact) mass is 356 g/mol. The van der Waals surface area contributed by atoms with Gasteiger partial charge in [-0.15, -0.1) is 0 Å². The molecule has 1 heterocycles. The molecule has 2 rings (SSSR count). The van der Waals surface area contributed by atoms with Crippen molar-refractivity contribution in [3.63, 3.8) is 0 Å². The van der Waals surface area contributed by atoms with Crippen LogP contribution in [-0.2, 0) is 17.8 Å². The van der Waals surface area contributed by atoms with Gasteiger partial charge in [0.1, 0.15) is 5.76 Å². The summed E-state index contributed by atoms with van der Waals surface area (Å²) in [5.41, 5.74) is 1.13. The molecule has 1 aromatic heterocycles. The minimum atomic E-state index is 0.104. The molecular formula is C20H28N4O2. The van der Waals surface area contributed by atoms with Crippen molar-refractivity contribution in [1.29, 1.82) is 0 Å². The molecule has 0 radical (unpaired) electrons. The van der Waals surface area contributed by atoms with E-state index < -0.39 is 0 Å². The maximum Gasteiger partial charge on any atom is 0.224 e. The lowest BCUT2D eigenvalue weighted by atomic mass is 10.2. The minimum absolute atomic E-state index is 0.104. The highest BCUT2D eigenvalue weighted by molar-refractivity contribution is 5.81. The second kappa shape index (κ2) is 11.0. The Kier molecular flexibility index (Phi) is 8.26. The Balaban J connectivity index is 1.72. The first-order valence-electron chi connectivity index (χ1n) is 9.01. The number of hydrogen-bond donors (Lipinski definition) is 2. The Morgan fingerprint density at radius 2 is 1.96 bits per heavy atom. The van der Waals surface area contributed by atoms with Crippen molar-refractivity contribution >= 4 is 11.9 Å². The summed E-state index contributed by atoms with van der Waals surface area (Å²) in [5, 5.41) is 6.40. The summed E-state index contributed by atoms with van der Waals surface area (Å²) in [6, 6.07) is 13.8. The van der Waals surface area contributed by atoms with E-state index in [1.807, 2.05) is 56.4 Å². The molecule has 0 aliphatic carbocycles. The van der Waals surface area contributed by atoms with Crippen LogP contribution in [0.4, 0.5) is 0 Å². The topological polar surface area (TPSA) is 69.9 Å². The van der Waals surface area contributed by atoms with Crippen LogP contribution in [0.1, 0.15) is 24.7 Å². The summed E-state index contributed by atoms with van der Waals surface area (Å²) in [6.07, 6.45) is 2.84. The van der Waals surface area contributed by atoms with Crippen molar-refractivity contribution in [3.05, 3.63) is 60.1 Å². The van der Waals surface area contributed by atoms with E-state index in [9.17, 15) is 4.79 Å². The molecule has 0 spiro atoms. The summed E-state index contributed by atoms with van der Waals surface area (Å²) in [4.78, 5) is 18.5. The molecular weight excluding hydrogens is 328 g/mol. The summed E-state index contributed by atoms with van der Waals surface area (Å²) >= 11 is 0. The van der Waals surface area contributed by atoms with E-state index in [0.29, 0.717) is 26.1 Å². The van der Waals surface area contributed by atoms with Gasteiger partial charge < -0.3 is 20.0 Å². The van der Waals surface area contributed by atoms with Crippen LogP contribution in [0.15, 0.2) is 58.1 Å². The summed E-state index contributed by atoms with van der Waals surface area (Å²) in [7, 11) is 1.83. The van der Waals surface area contributed by atoms with Gasteiger partial charge in [0.2, 0.25) is 5.91 Å². The van der Waals surface area contributed by atoms with Crippen molar-refractivity contribution in [2.24, 2.45) is 4.99 Å². The predicted octanol–water partition coefficient (Wildman–Crippen LogP) is 2.43. The predicted molar refractivity (Wildman–Crippen MR) is 104 cm³/mol. The van der Waals surface area contributed by atoms with E-state index in [2.05, 4.69) is 15.6 Å². The number of nitrogens with one attached hydrogen (secondary N) is 2. The molecule has 0 unspecified atom stereocenters. The molecule has 0 saturated carbocycles. The molecule has 0 atom stereocenters. The maximum atomic E-state index is 12.3. The standard InChI is InChI=1S/C20H28N4O2/c1-3-21-20(22-13-11-18-10-7-15-26-18)23-14-12-19(25)24(2)16-17-8-5-4-6-9-17/h4-10,15H,3,11-14,16H2,1-2H3,(H2,21,22,23). The fourth-order valence-corrected chi connectivity index (χ4v) is 2.50. The van der Waals surface area contributed by atoms with Crippen molar-refractivity contribution in [2.45, 2.75) is 26.3 Å². The number of carbonyl (C=O) groups is 1. The van der Waals surface area contributed by atoms with Gasteiger partial charge in [-0.1, -0.05) is 30.3 Å². The number of hydrogen-bond acceptors (Lipinski definition) is 3. The highest BCUT2D eigenvalue weighted by Gasteiger charge is 2.09. The van der Waals surface area contributed by atoms with Crippen molar-refractivity contribution in [2.75, 3.05) is 26.7 Å². The quantitative estimate of drug-likeness (QED) is 0.535. The third kappa shape index (κ3) is 7.01. The third-order valence-electron chi connectivity index (χ3n) is 3.87. The van der Waals surface area contributed by atoms with Crippen LogP contribution in [0.3, 0.4) is 0 Å². The van der Waals surface area contributed by atoms with Crippen LogP contribution in [0.5, 0.6) is 0 Å². The first-order valence-corrected chi connectivity index (χ1v) is 9.01. The average molecular weight is 356 g/mol. The number of benzene rings is 1. The molecule has 140 valence electrons. The van der Waals surface area contributed by atoms with Gasteiger partial charge in [0.15, 0.2) is 5.96 Å². The fraction of sp³-hybridized carbons (Fsp3) is 0.400. The van der Waals surface area contributed by atoms with Crippen molar-refractivity contribution in [3.8, 4) is 0 Å². The molecule has 1 amide bonds. The van der Waals surface area contributed by atoms with Crippen LogP contribution in [-0.4, -0.2) is 43.4 Å². The zero-order chi connectivity index (χ0) is 18.6. The Bertz CT molecular complexity index is 668. The largest absolute Gasteiger partial charge is 0.469 e. The van der Waals surface area contributed by atoms with E-state index in [1.54, 1.807) is 11.2 Å². The highest BCUT2D eigenvalue weighted by Crippen LogP contribution is 2.04. The van der Waals surface area contributed by atoms with Crippen LogP contribution in [0.25, 0.3) is 0 Å². The smallest absolute Gasteiger partial charge is 0.224 e. The molecule has 6 heteroatoms. The molecule has 0 bridgehead atoms. The van der Waals surface area contributed by atoms with E-state index in [4.69, 9.17) is 4.42 Å². The van der Waals surface area contributed by atoms with Gasteiger partial charge >= 0.3 is 0 Å². The Hall–Kier alpha value is -2.76. The zero-order valence-electron chi connectivity index (χ0n) is 15.6. The second-order valence-electron chi connectivity index (χ2n) is 6.00. The third-order valence-corrected chi connectivity index (χ3v) is 3.87. The lowest BCUT2D eigenvalue weighted by Crippen LogP contribution is -2.39. The number of furan rings is 1. The minimum Gasteiger partial charge on any atom is -0.469 e. The first-order chi connectivity index (χ1) is 12.7. The van der Waals surface area contributed by atoms with Gasteiger partial charge in [-0.05, 0) is 24.6 Å². The van der Waals surface area contributed by atoms with Gasteiger partial charge in [-0.25, -0.2) is 0 Å². The molecule has 26 heavy (non-hydrogen) atoms. The number of rotatable bonds is 9. The maximum absolute atomic E-state index is 12.3. The van der Waals surface area contributed by atoms with Crippen molar-refractivity contribution in [1.82, 2.24) is 15.5 Å². The molecule has 2 aromatic rings. The summed E-state index contributed by atoms with van der Waals surface area (Å²) < 4.78 is 5.30. The first kappa shape index (κ1) is 19.6. The highest BCUT2D eigenvalue weighted by atomic mass is 16.3. The fourth-order valence-electron chi connectivity index (χ4n) is 2.50. The number of aliphatic imine (C=N–C) groups is 1. The average Bonchev–Trinajstić information content (AvgIpc) is 3.16. The van der Waals surface area contributed by atoms with Gasteiger partial charge in [0.25, 0.3) is 0 Å². The number of nitrogens with zero attached hydrogens (tertiary/aromatic N) is 2. The number of guanidine groups is 1. The molecule has 0 aliphatic rings. The van der Waals surface area contributed by atoms with Crippen molar-refractivity contribution < 1.29 is 9.21 Å². The molecule has 0 aliphatic heterocycles. The Morgan fingerprint density at radius 3 is 2.65 bits per heavy atom. The van der Waals surface area contributed by atoms with E-state index in [0.717, 1.165) is 30.2 Å². The normalized spacial score (nSPS) is 11.2. The zero-order valence-corrected chi connectivity index (χ0v) is 15.6. The number of carbonyl (C=O) groups excluding carboxylic acids is 1. The lowest BCUT2D eigenvalue weighted by molar-refractivity contribution is -0.130. The Morgan fingerprint density at radius 1 is 1.15 bits per heavy atom. The SMILES string of the molecule is CCNC(=NCCc1ccco1)NCCC(=O)N(C)Cc1ccccc1. The Labute approximate surface area is 155 Å². The van der Waals surface area contributed by atoms with E-state index in [1.165, 1.54) is 0 Å². The molecule has 1 aromatic carbocycles.